The standard InChI is InChI=1S/C36H36ClFN6O5/c1-23-19-34(45)44(26-8-5-24(37)6-9-26)41-35(23)36(46)40-25-7-10-31(28(38)20-25)49-30-11-12-39-29-22-33(32(47-3)21-27(29)30)48-18-4-13-43-16-14-42(2)15-17-43/h5-12,19-22H,4,13-18H2,1-3H3,(H,40,46). The van der Waals surface area contributed by atoms with E-state index in [0.29, 0.717) is 51.0 Å². The van der Waals surface area contributed by atoms with E-state index in [4.69, 9.17) is 25.8 Å². The summed E-state index contributed by atoms with van der Waals surface area (Å²) in [6, 6.07) is 17.1. The highest BCUT2D eigenvalue weighted by Gasteiger charge is 2.18. The predicted molar refractivity (Wildman–Crippen MR) is 186 cm³/mol. The van der Waals surface area contributed by atoms with E-state index in [-0.39, 0.29) is 17.1 Å². The molecule has 11 nitrogen and oxygen atoms in total. The second kappa shape index (κ2) is 15.0. The van der Waals surface area contributed by atoms with E-state index < -0.39 is 17.3 Å². The molecule has 5 aromatic rings. The average Bonchev–Trinajstić information content (AvgIpc) is 3.09. The number of carbonyl (C=O) groups excluding carboxylic acids is 1. The Balaban J connectivity index is 1.14. The Morgan fingerprint density at radius 2 is 1.73 bits per heavy atom. The number of hydrogen-bond acceptors (Lipinski definition) is 9. The monoisotopic (exact) mass is 686 g/mol. The lowest BCUT2D eigenvalue weighted by Gasteiger charge is -2.32. The minimum Gasteiger partial charge on any atom is -0.493 e. The Morgan fingerprint density at radius 3 is 2.47 bits per heavy atom. The number of amides is 1. The van der Waals surface area contributed by atoms with Crippen LogP contribution in [-0.2, 0) is 0 Å². The van der Waals surface area contributed by atoms with Crippen molar-refractivity contribution in [2.75, 3.05) is 58.8 Å². The highest BCUT2D eigenvalue weighted by Crippen LogP contribution is 2.38. The summed E-state index contributed by atoms with van der Waals surface area (Å²) in [5.74, 6) is 0.0697. The number of nitrogens with zero attached hydrogens (tertiary/aromatic N) is 5. The van der Waals surface area contributed by atoms with Crippen LogP contribution in [0.4, 0.5) is 10.1 Å². The second-order valence-corrected chi connectivity index (χ2v) is 12.2. The van der Waals surface area contributed by atoms with E-state index in [9.17, 15) is 9.59 Å². The topological polar surface area (TPSA) is 111 Å². The number of hydrogen-bond donors (Lipinski definition) is 1. The SMILES string of the molecule is COc1cc2c(Oc3ccc(NC(=O)c4nn(-c5ccc(Cl)cc5)c(=O)cc4C)cc3F)ccnc2cc1OCCCN1CCN(C)CC1. The normalized spacial score (nSPS) is 13.7. The number of pyridine rings is 1. The number of benzene rings is 3. The number of ether oxygens (including phenoxy) is 3. The maximum Gasteiger partial charge on any atom is 0.276 e. The number of rotatable bonds is 11. The number of halogens is 2. The van der Waals surface area contributed by atoms with Gasteiger partial charge in [-0.05, 0) is 74.5 Å². The van der Waals surface area contributed by atoms with Crippen LogP contribution in [0, 0.1) is 12.7 Å². The van der Waals surface area contributed by atoms with E-state index in [1.165, 1.54) is 18.2 Å². The van der Waals surface area contributed by atoms with Gasteiger partial charge in [0.25, 0.3) is 11.5 Å². The Bertz CT molecular complexity index is 2030. The number of aryl methyl sites for hydroxylation is 1. The first-order valence-corrected chi connectivity index (χ1v) is 16.2. The molecule has 3 aromatic carbocycles. The van der Waals surface area contributed by atoms with Gasteiger partial charge in [-0.2, -0.15) is 9.78 Å². The fourth-order valence-electron chi connectivity index (χ4n) is 5.54. The first-order valence-electron chi connectivity index (χ1n) is 15.8. The molecule has 6 rings (SSSR count). The molecule has 0 bridgehead atoms. The number of aromatic nitrogens is 3. The first-order chi connectivity index (χ1) is 23.7. The van der Waals surface area contributed by atoms with E-state index in [0.717, 1.165) is 49.9 Å². The number of fused-ring (bicyclic) bond motifs is 1. The first kappa shape index (κ1) is 33.8. The van der Waals surface area contributed by atoms with Crippen LogP contribution in [-0.4, -0.2) is 84.0 Å². The van der Waals surface area contributed by atoms with Gasteiger partial charge in [0.05, 0.1) is 24.9 Å². The highest BCUT2D eigenvalue weighted by molar-refractivity contribution is 6.30. The van der Waals surface area contributed by atoms with Crippen molar-refractivity contribution in [2.45, 2.75) is 13.3 Å². The van der Waals surface area contributed by atoms with Crippen molar-refractivity contribution in [3.63, 3.8) is 0 Å². The van der Waals surface area contributed by atoms with E-state index in [1.807, 2.05) is 0 Å². The van der Waals surface area contributed by atoms with E-state index in [2.05, 4.69) is 32.2 Å². The van der Waals surface area contributed by atoms with Gasteiger partial charge in [0.1, 0.15) is 5.75 Å². The third-order valence-corrected chi connectivity index (χ3v) is 8.53. The Morgan fingerprint density at radius 1 is 0.959 bits per heavy atom. The molecule has 1 N–H and O–H groups in total. The molecule has 1 saturated heterocycles. The molecular formula is C36H36ClFN6O5. The molecule has 0 atom stereocenters. The molecule has 13 heteroatoms. The molecule has 0 spiro atoms. The lowest BCUT2D eigenvalue weighted by atomic mass is 10.1. The van der Waals surface area contributed by atoms with E-state index >= 15 is 4.39 Å². The third-order valence-electron chi connectivity index (χ3n) is 8.28. The maximum atomic E-state index is 15.4. The Hall–Kier alpha value is -5.04. The molecule has 0 saturated carbocycles. The fourth-order valence-corrected chi connectivity index (χ4v) is 5.66. The minimum absolute atomic E-state index is 0.00543. The quantitative estimate of drug-likeness (QED) is 0.169. The number of likely N-dealkylation sites (N-methyl/N-ethyl adjacent to an activating group) is 1. The van der Waals surface area contributed by atoms with Crippen LogP contribution < -0.4 is 25.1 Å². The number of methoxy groups -OCH3 is 1. The van der Waals surface area contributed by atoms with Crippen molar-refractivity contribution in [2.24, 2.45) is 0 Å². The third kappa shape index (κ3) is 7.99. The minimum atomic E-state index is -0.703. The summed E-state index contributed by atoms with van der Waals surface area (Å²) < 4.78 is 34.2. The molecule has 2 aromatic heterocycles. The predicted octanol–water partition coefficient (Wildman–Crippen LogP) is 5.95. The van der Waals surface area contributed by atoms with Gasteiger partial charge in [-0.1, -0.05) is 11.6 Å². The summed E-state index contributed by atoms with van der Waals surface area (Å²) in [5.41, 5.74) is 1.18. The number of carbonyl (C=O) groups is 1. The highest BCUT2D eigenvalue weighted by atomic mass is 35.5. The molecule has 0 unspecified atom stereocenters. The summed E-state index contributed by atoms with van der Waals surface area (Å²) in [7, 11) is 3.70. The average molecular weight is 687 g/mol. The lowest BCUT2D eigenvalue weighted by Crippen LogP contribution is -2.44. The van der Waals surface area contributed by atoms with Gasteiger partial charge in [-0.3, -0.25) is 14.6 Å². The Kier molecular flexibility index (Phi) is 10.4. The van der Waals surface area contributed by atoms with E-state index in [1.54, 1.807) is 62.7 Å². The van der Waals surface area contributed by atoms with Gasteiger partial charge in [0.2, 0.25) is 0 Å². The maximum absolute atomic E-state index is 15.4. The van der Waals surface area contributed by atoms with Crippen LogP contribution >= 0.6 is 11.6 Å². The van der Waals surface area contributed by atoms with Crippen LogP contribution in [0.5, 0.6) is 23.0 Å². The molecule has 1 amide bonds. The molecule has 1 aliphatic heterocycles. The van der Waals surface area contributed by atoms with Crippen LogP contribution in [0.1, 0.15) is 22.5 Å². The molecule has 3 heterocycles. The zero-order chi connectivity index (χ0) is 34.5. The van der Waals surface area contributed by atoms with Gasteiger partial charge < -0.3 is 29.3 Å². The largest absolute Gasteiger partial charge is 0.493 e. The number of anilines is 1. The second-order valence-electron chi connectivity index (χ2n) is 11.8. The lowest BCUT2D eigenvalue weighted by molar-refractivity contribution is 0.102. The number of nitrogens with one attached hydrogen (secondary N) is 1. The van der Waals surface area contributed by atoms with Crippen molar-refractivity contribution in [3.05, 3.63) is 105 Å². The van der Waals surface area contributed by atoms with Crippen molar-refractivity contribution >= 4 is 34.1 Å². The molecule has 0 radical (unpaired) electrons. The Labute approximate surface area is 287 Å². The summed E-state index contributed by atoms with van der Waals surface area (Å²) in [6.45, 7) is 7.35. The number of piperazine rings is 1. The summed E-state index contributed by atoms with van der Waals surface area (Å²) in [6.07, 6.45) is 2.45. The van der Waals surface area contributed by atoms with Gasteiger partial charge >= 0.3 is 0 Å². The van der Waals surface area contributed by atoms with Gasteiger partial charge in [0.15, 0.2) is 28.8 Å². The van der Waals surface area contributed by atoms with Crippen molar-refractivity contribution < 1.29 is 23.4 Å². The van der Waals surface area contributed by atoms with Gasteiger partial charge in [0, 0.05) is 73.2 Å². The molecule has 1 aliphatic rings. The zero-order valence-corrected chi connectivity index (χ0v) is 28.2. The van der Waals surface area contributed by atoms with Gasteiger partial charge in [-0.25, -0.2) is 4.39 Å². The van der Waals surface area contributed by atoms with Crippen molar-refractivity contribution in [1.29, 1.82) is 0 Å². The zero-order valence-electron chi connectivity index (χ0n) is 27.4. The van der Waals surface area contributed by atoms with Gasteiger partial charge in [-0.15, -0.1) is 0 Å². The summed E-state index contributed by atoms with van der Waals surface area (Å²) >= 11 is 5.96. The molecule has 0 aliphatic carbocycles. The molecule has 1 fully saturated rings. The van der Waals surface area contributed by atoms with Crippen LogP contribution in [0.15, 0.2) is 77.7 Å². The van der Waals surface area contributed by atoms with Crippen LogP contribution in [0.2, 0.25) is 5.02 Å². The molecule has 254 valence electrons. The van der Waals surface area contributed by atoms with Crippen molar-refractivity contribution in [3.8, 4) is 28.7 Å². The summed E-state index contributed by atoms with van der Waals surface area (Å²) in [4.78, 5) is 35.0. The molecule has 49 heavy (non-hydrogen) atoms. The van der Waals surface area contributed by atoms with Crippen LogP contribution in [0.3, 0.4) is 0 Å². The fraction of sp³-hybridized carbons (Fsp3) is 0.278. The van der Waals surface area contributed by atoms with Crippen LogP contribution in [0.25, 0.3) is 16.6 Å². The molecular weight excluding hydrogens is 651 g/mol. The smallest absolute Gasteiger partial charge is 0.276 e. The summed E-state index contributed by atoms with van der Waals surface area (Å²) in [5, 5.41) is 8.01. The van der Waals surface area contributed by atoms with Crippen molar-refractivity contribution in [1.82, 2.24) is 24.6 Å².